The van der Waals surface area contributed by atoms with Crippen molar-refractivity contribution in [2.24, 2.45) is 0 Å². The molecule has 4 nitrogen and oxygen atoms in total. The highest BCUT2D eigenvalue weighted by atomic mass is 32.1. The van der Waals surface area contributed by atoms with Crippen molar-refractivity contribution in [2.45, 2.75) is 39.8 Å². The Morgan fingerprint density at radius 2 is 2.00 bits per heavy atom. The van der Waals surface area contributed by atoms with Gasteiger partial charge in [-0.2, -0.15) is 0 Å². The number of aromatic amines is 1. The lowest BCUT2D eigenvalue weighted by Crippen LogP contribution is -2.33. The average Bonchev–Trinajstić information content (AvgIpc) is 3.29. The number of nitrogens with one attached hydrogen (secondary N) is 1. The van der Waals surface area contributed by atoms with Gasteiger partial charge in [0.25, 0.3) is 5.56 Å². The summed E-state index contributed by atoms with van der Waals surface area (Å²) < 4.78 is 0. The van der Waals surface area contributed by atoms with Crippen LogP contribution in [-0.2, 0) is 13.0 Å². The first-order valence-corrected chi connectivity index (χ1v) is 11.6. The molecular weight excluding hydrogens is 398 g/mol. The van der Waals surface area contributed by atoms with E-state index in [4.69, 9.17) is 4.98 Å². The van der Waals surface area contributed by atoms with Crippen LogP contribution >= 0.6 is 22.7 Å². The van der Waals surface area contributed by atoms with Gasteiger partial charge in [0.05, 0.1) is 11.9 Å². The maximum absolute atomic E-state index is 13.0. The van der Waals surface area contributed by atoms with Crippen molar-refractivity contribution in [1.29, 1.82) is 0 Å². The standard InChI is InChI=1S/C23H23N3OS2/c1-13-4-6-16(7-5-13)20-15(3)29-23-21(20)22(27)24-19(25-23)12-26-10-8-18-17(14(26)2)9-11-28-18/h4-7,9,11,14H,8,10,12H2,1-3H3,(H,24,25,27). The Morgan fingerprint density at radius 3 is 2.79 bits per heavy atom. The second kappa shape index (κ2) is 7.20. The Morgan fingerprint density at radius 1 is 1.21 bits per heavy atom. The zero-order valence-electron chi connectivity index (χ0n) is 16.8. The van der Waals surface area contributed by atoms with Gasteiger partial charge >= 0.3 is 0 Å². The lowest BCUT2D eigenvalue weighted by Gasteiger charge is -2.33. The van der Waals surface area contributed by atoms with E-state index in [0.29, 0.717) is 18.0 Å². The van der Waals surface area contributed by atoms with E-state index in [9.17, 15) is 4.79 Å². The van der Waals surface area contributed by atoms with Gasteiger partial charge in [0, 0.05) is 27.9 Å². The number of nitrogens with zero attached hydrogens (tertiary/aromatic N) is 2. The first-order chi connectivity index (χ1) is 14.0. The van der Waals surface area contributed by atoms with Crippen molar-refractivity contribution < 1.29 is 0 Å². The van der Waals surface area contributed by atoms with E-state index >= 15 is 0 Å². The predicted octanol–water partition coefficient (Wildman–Crippen LogP) is 5.45. The van der Waals surface area contributed by atoms with Crippen molar-refractivity contribution in [3.05, 3.63) is 72.8 Å². The molecule has 1 aliphatic rings. The zero-order valence-corrected chi connectivity index (χ0v) is 18.4. The van der Waals surface area contributed by atoms with Crippen LogP contribution in [0, 0.1) is 13.8 Å². The molecular formula is C23H23N3OS2. The molecule has 29 heavy (non-hydrogen) atoms. The molecule has 1 aliphatic heterocycles. The molecule has 148 valence electrons. The van der Waals surface area contributed by atoms with E-state index in [2.05, 4.69) is 66.4 Å². The van der Waals surface area contributed by atoms with Crippen LogP contribution in [0.25, 0.3) is 21.3 Å². The number of rotatable bonds is 3. The quantitative estimate of drug-likeness (QED) is 0.479. The van der Waals surface area contributed by atoms with E-state index in [1.54, 1.807) is 11.3 Å². The smallest absolute Gasteiger partial charge is 0.260 e. The molecule has 0 bridgehead atoms. The molecule has 4 aromatic rings. The molecule has 0 radical (unpaired) electrons. The van der Waals surface area contributed by atoms with Gasteiger partial charge in [-0.25, -0.2) is 4.98 Å². The van der Waals surface area contributed by atoms with Gasteiger partial charge in [0.1, 0.15) is 10.7 Å². The highest BCUT2D eigenvalue weighted by Gasteiger charge is 2.26. The van der Waals surface area contributed by atoms with E-state index in [1.807, 2.05) is 11.3 Å². The van der Waals surface area contributed by atoms with Crippen LogP contribution in [0.2, 0.25) is 0 Å². The molecule has 1 unspecified atom stereocenters. The van der Waals surface area contributed by atoms with Crippen LogP contribution in [0.3, 0.4) is 0 Å². The van der Waals surface area contributed by atoms with Gasteiger partial charge in [0.15, 0.2) is 0 Å². The topological polar surface area (TPSA) is 49.0 Å². The Balaban J connectivity index is 1.51. The Hall–Kier alpha value is -2.28. The molecule has 0 spiro atoms. The number of hydrogen-bond acceptors (Lipinski definition) is 5. The molecule has 0 saturated carbocycles. The first kappa shape index (κ1) is 18.7. The molecule has 1 N–H and O–H groups in total. The molecule has 5 rings (SSSR count). The number of hydrogen-bond donors (Lipinski definition) is 1. The van der Waals surface area contributed by atoms with Gasteiger partial charge in [-0.05, 0) is 49.8 Å². The van der Waals surface area contributed by atoms with Crippen LogP contribution in [0.1, 0.15) is 39.7 Å². The second-order valence-electron chi connectivity index (χ2n) is 7.79. The fraction of sp³-hybridized carbons (Fsp3) is 0.304. The van der Waals surface area contributed by atoms with Gasteiger partial charge in [-0.1, -0.05) is 29.8 Å². The van der Waals surface area contributed by atoms with Gasteiger partial charge < -0.3 is 4.98 Å². The molecule has 1 atom stereocenters. The van der Waals surface area contributed by atoms with Crippen LogP contribution < -0.4 is 5.56 Å². The molecule has 0 fully saturated rings. The molecule has 6 heteroatoms. The average molecular weight is 422 g/mol. The molecule has 0 saturated heterocycles. The lowest BCUT2D eigenvalue weighted by atomic mass is 10.0. The fourth-order valence-electron chi connectivity index (χ4n) is 4.28. The SMILES string of the molecule is Cc1ccc(-c2c(C)sc3nc(CN4CCc5sccc5C4C)[nH]c(=O)c23)cc1. The number of thiophene rings is 2. The number of fused-ring (bicyclic) bond motifs is 2. The van der Waals surface area contributed by atoms with E-state index in [-0.39, 0.29) is 5.56 Å². The van der Waals surface area contributed by atoms with Crippen molar-refractivity contribution in [1.82, 2.24) is 14.9 Å². The summed E-state index contributed by atoms with van der Waals surface area (Å²) in [4.78, 5) is 26.8. The summed E-state index contributed by atoms with van der Waals surface area (Å²) in [5.74, 6) is 0.754. The van der Waals surface area contributed by atoms with Gasteiger partial charge in [0.2, 0.25) is 0 Å². The molecule has 0 amide bonds. The number of aromatic nitrogens is 2. The maximum atomic E-state index is 13.0. The largest absolute Gasteiger partial charge is 0.309 e. The third-order valence-electron chi connectivity index (χ3n) is 5.88. The molecule has 3 aromatic heterocycles. The first-order valence-electron chi connectivity index (χ1n) is 9.91. The second-order valence-corrected chi connectivity index (χ2v) is 9.99. The number of aryl methyl sites for hydroxylation is 2. The predicted molar refractivity (Wildman–Crippen MR) is 122 cm³/mol. The molecule has 1 aromatic carbocycles. The number of benzene rings is 1. The minimum absolute atomic E-state index is 0.0363. The summed E-state index contributed by atoms with van der Waals surface area (Å²) in [5.41, 5.74) is 4.68. The molecule has 0 aliphatic carbocycles. The summed E-state index contributed by atoms with van der Waals surface area (Å²) in [5, 5.41) is 2.89. The summed E-state index contributed by atoms with van der Waals surface area (Å²) in [7, 11) is 0. The zero-order chi connectivity index (χ0) is 20.1. The van der Waals surface area contributed by atoms with E-state index in [0.717, 1.165) is 39.6 Å². The van der Waals surface area contributed by atoms with Gasteiger partial charge in [-0.15, -0.1) is 22.7 Å². The lowest BCUT2D eigenvalue weighted by molar-refractivity contribution is 0.186. The monoisotopic (exact) mass is 421 g/mol. The highest BCUT2D eigenvalue weighted by molar-refractivity contribution is 7.19. The summed E-state index contributed by atoms with van der Waals surface area (Å²) in [6, 6.07) is 10.9. The molecule has 4 heterocycles. The Labute approximate surface area is 177 Å². The Kier molecular flexibility index (Phi) is 4.65. The minimum Gasteiger partial charge on any atom is -0.309 e. The van der Waals surface area contributed by atoms with Crippen molar-refractivity contribution in [2.75, 3.05) is 6.54 Å². The van der Waals surface area contributed by atoms with Crippen LogP contribution in [0.5, 0.6) is 0 Å². The third kappa shape index (κ3) is 3.25. The van der Waals surface area contributed by atoms with E-state index < -0.39 is 0 Å². The summed E-state index contributed by atoms with van der Waals surface area (Å²) >= 11 is 3.46. The maximum Gasteiger partial charge on any atom is 0.260 e. The summed E-state index contributed by atoms with van der Waals surface area (Å²) in [6.45, 7) is 8.05. The van der Waals surface area contributed by atoms with Crippen LogP contribution in [0.4, 0.5) is 0 Å². The van der Waals surface area contributed by atoms with Crippen molar-refractivity contribution in [3.63, 3.8) is 0 Å². The third-order valence-corrected chi connectivity index (χ3v) is 7.88. The van der Waals surface area contributed by atoms with Crippen molar-refractivity contribution in [3.8, 4) is 11.1 Å². The van der Waals surface area contributed by atoms with E-state index in [1.165, 1.54) is 16.0 Å². The van der Waals surface area contributed by atoms with Crippen LogP contribution in [0.15, 0.2) is 40.5 Å². The van der Waals surface area contributed by atoms with Gasteiger partial charge in [-0.3, -0.25) is 9.69 Å². The Bertz CT molecular complexity index is 1250. The van der Waals surface area contributed by atoms with Crippen LogP contribution in [-0.4, -0.2) is 21.4 Å². The normalized spacial score (nSPS) is 17.0. The highest BCUT2D eigenvalue weighted by Crippen LogP contribution is 2.36. The minimum atomic E-state index is -0.0363. The van der Waals surface area contributed by atoms with Crippen molar-refractivity contribution >= 4 is 32.9 Å². The summed E-state index contributed by atoms with van der Waals surface area (Å²) in [6.07, 6.45) is 1.07. The number of H-pyrrole nitrogens is 1. The fourth-order valence-corrected chi connectivity index (χ4v) is 6.30.